The third-order valence-electron chi connectivity index (χ3n) is 10.4. The van der Waals surface area contributed by atoms with Gasteiger partial charge in [0, 0.05) is 39.6 Å². The van der Waals surface area contributed by atoms with E-state index in [1.54, 1.807) is 0 Å². The Balaban J connectivity index is 0.988. The van der Waals surface area contributed by atoms with Crippen LogP contribution in [0.5, 0.6) is 0 Å². The van der Waals surface area contributed by atoms with Crippen molar-refractivity contribution in [1.82, 2.24) is 9.38 Å². The largest absolute Gasteiger partial charge is 0.329 e. The molecule has 0 aliphatic heterocycles. The molecular formula is C48H30N3S+. The van der Waals surface area contributed by atoms with Gasteiger partial charge in [-0.2, -0.15) is 4.40 Å². The quantitative estimate of drug-likeness (QED) is 0.134. The molecule has 0 saturated carbocycles. The number of para-hydroxylation sites is 2. The first-order valence-corrected chi connectivity index (χ1v) is 18.4. The van der Waals surface area contributed by atoms with Gasteiger partial charge in [0.25, 0.3) is 0 Å². The summed E-state index contributed by atoms with van der Waals surface area (Å²) in [4.78, 5) is 6.50. The minimum absolute atomic E-state index is 0.921. The van der Waals surface area contributed by atoms with E-state index in [1.807, 2.05) is 11.3 Å². The SMILES string of the molecule is c1ccc2cc(-c3cc(-c4ccc(-c5ccc(-c6c7ccccc7n7c6sc6ccccc67)cc5)cc4)nc4cc5ccccc5c[n+]34)ccc2c1. The Morgan fingerprint density at radius 1 is 0.462 bits per heavy atom. The molecule has 4 heterocycles. The lowest BCUT2D eigenvalue weighted by Crippen LogP contribution is -2.26. The molecule has 0 bridgehead atoms. The van der Waals surface area contributed by atoms with Crippen LogP contribution >= 0.6 is 11.3 Å². The van der Waals surface area contributed by atoms with Crippen LogP contribution in [0.4, 0.5) is 0 Å². The predicted octanol–water partition coefficient (Wildman–Crippen LogP) is 12.4. The Morgan fingerprint density at radius 2 is 1.06 bits per heavy atom. The lowest BCUT2D eigenvalue weighted by atomic mass is 9.98. The average molecular weight is 681 g/mol. The number of thiazole rings is 1. The number of benzene rings is 7. The van der Waals surface area contributed by atoms with Gasteiger partial charge in [-0.05, 0) is 74.2 Å². The van der Waals surface area contributed by atoms with Crippen molar-refractivity contribution >= 4 is 64.5 Å². The Kier molecular flexibility index (Phi) is 6.42. The van der Waals surface area contributed by atoms with Crippen LogP contribution in [0, 0.1) is 0 Å². The van der Waals surface area contributed by atoms with E-state index in [-0.39, 0.29) is 0 Å². The topological polar surface area (TPSA) is 21.4 Å². The van der Waals surface area contributed by atoms with Gasteiger partial charge in [-0.3, -0.25) is 4.40 Å². The number of hydrogen-bond acceptors (Lipinski definition) is 2. The summed E-state index contributed by atoms with van der Waals surface area (Å²) in [6.45, 7) is 0. The summed E-state index contributed by atoms with van der Waals surface area (Å²) >= 11 is 1.87. The minimum Gasteiger partial charge on any atom is -0.299 e. The van der Waals surface area contributed by atoms with Crippen molar-refractivity contribution in [3.05, 3.63) is 182 Å². The van der Waals surface area contributed by atoms with E-state index in [9.17, 15) is 0 Å². The van der Waals surface area contributed by atoms with E-state index in [1.165, 1.54) is 69.7 Å². The van der Waals surface area contributed by atoms with Crippen molar-refractivity contribution in [2.75, 3.05) is 0 Å². The maximum Gasteiger partial charge on any atom is 0.329 e. The highest BCUT2D eigenvalue weighted by Crippen LogP contribution is 2.42. The Morgan fingerprint density at radius 3 is 1.85 bits per heavy atom. The zero-order chi connectivity index (χ0) is 34.2. The molecule has 242 valence electrons. The zero-order valence-corrected chi connectivity index (χ0v) is 28.9. The molecule has 11 aromatic rings. The van der Waals surface area contributed by atoms with E-state index in [2.05, 4.69) is 191 Å². The van der Waals surface area contributed by atoms with Gasteiger partial charge in [-0.15, -0.1) is 11.3 Å². The van der Waals surface area contributed by atoms with E-state index < -0.39 is 0 Å². The molecule has 11 rings (SSSR count). The van der Waals surface area contributed by atoms with Crippen molar-refractivity contribution in [2.45, 2.75) is 0 Å². The van der Waals surface area contributed by atoms with Gasteiger partial charge >= 0.3 is 5.65 Å². The molecule has 3 nitrogen and oxygen atoms in total. The molecule has 0 unspecified atom stereocenters. The summed E-state index contributed by atoms with van der Waals surface area (Å²) in [5, 5.41) is 6.11. The molecule has 0 spiro atoms. The van der Waals surface area contributed by atoms with E-state index in [4.69, 9.17) is 4.98 Å². The first-order chi connectivity index (χ1) is 25.7. The van der Waals surface area contributed by atoms with E-state index in [0.29, 0.717) is 0 Å². The summed E-state index contributed by atoms with van der Waals surface area (Å²) < 4.78 is 5.95. The van der Waals surface area contributed by atoms with Crippen LogP contribution in [0.3, 0.4) is 0 Å². The lowest BCUT2D eigenvalue weighted by Gasteiger charge is -2.08. The van der Waals surface area contributed by atoms with Crippen LogP contribution in [0.25, 0.3) is 97.9 Å². The number of pyridine rings is 1. The molecule has 4 heteroatoms. The number of fused-ring (bicyclic) bond motifs is 8. The van der Waals surface area contributed by atoms with Crippen LogP contribution in [-0.2, 0) is 0 Å². The Hall–Kier alpha value is -6.62. The number of aromatic nitrogens is 3. The Labute approximate surface area is 303 Å². The summed E-state index contributed by atoms with van der Waals surface area (Å²) in [6, 6.07) is 63.5. The van der Waals surface area contributed by atoms with Crippen molar-refractivity contribution in [3.8, 4) is 44.8 Å². The van der Waals surface area contributed by atoms with Gasteiger partial charge in [0.1, 0.15) is 16.7 Å². The fraction of sp³-hybridized carbons (Fsp3) is 0. The molecule has 0 N–H and O–H groups in total. The molecule has 0 radical (unpaired) electrons. The van der Waals surface area contributed by atoms with Crippen LogP contribution in [0.1, 0.15) is 0 Å². The third-order valence-corrected chi connectivity index (χ3v) is 11.6. The van der Waals surface area contributed by atoms with E-state index in [0.717, 1.165) is 28.2 Å². The molecule has 0 fully saturated rings. The average Bonchev–Trinajstić information content (AvgIpc) is 3.74. The van der Waals surface area contributed by atoms with Crippen LogP contribution < -0.4 is 4.40 Å². The summed E-state index contributed by atoms with van der Waals surface area (Å²) in [5.41, 5.74) is 12.7. The van der Waals surface area contributed by atoms with Gasteiger partial charge in [0.05, 0.1) is 15.7 Å². The number of rotatable bonds is 4. The standard InChI is InChI=1S/C48H30N3S/c1-2-10-36-27-38(26-21-31(36)9-1)44-29-41(49-46-28-37-11-3-4-12-39(37)30-50(44)46)34-22-17-32(18-23-34)33-19-24-35(25-20-33)47-40-13-5-6-14-42(40)51-43-15-7-8-16-45(43)52-48(47)51/h1-30H/q+1. The molecule has 0 aliphatic carbocycles. The second-order valence-electron chi connectivity index (χ2n) is 13.5. The maximum absolute atomic E-state index is 5.21. The lowest BCUT2D eigenvalue weighted by molar-refractivity contribution is -0.500. The molecule has 7 aromatic carbocycles. The second-order valence-corrected chi connectivity index (χ2v) is 14.5. The number of hydrogen-bond donors (Lipinski definition) is 0. The minimum atomic E-state index is 0.921. The molecular weight excluding hydrogens is 651 g/mol. The summed E-state index contributed by atoms with van der Waals surface area (Å²) in [5.74, 6) is 0. The molecule has 0 saturated heterocycles. The first-order valence-electron chi connectivity index (χ1n) is 17.6. The molecule has 52 heavy (non-hydrogen) atoms. The zero-order valence-electron chi connectivity index (χ0n) is 28.1. The highest BCUT2D eigenvalue weighted by molar-refractivity contribution is 7.24. The van der Waals surface area contributed by atoms with Crippen LogP contribution in [0.2, 0.25) is 0 Å². The molecule has 0 amide bonds. The Bertz CT molecular complexity index is 3170. The van der Waals surface area contributed by atoms with Gasteiger partial charge in [0.15, 0.2) is 5.69 Å². The highest BCUT2D eigenvalue weighted by atomic mass is 32.1. The van der Waals surface area contributed by atoms with Crippen molar-refractivity contribution in [3.63, 3.8) is 0 Å². The molecule has 0 aliphatic rings. The summed E-state index contributed by atoms with van der Waals surface area (Å²) in [7, 11) is 0. The smallest absolute Gasteiger partial charge is 0.299 e. The highest BCUT2D eigenvalue weighted by Gasteiger charge is 2.20. The summed E-state index contributed by atoms with van der Waals surface area (Å²) in [6.07, 6.45) is 2.21. The molecule has 0 atom stereocenters. The van der Waals surface area contributed by atoms with E-state index >= 15 is 0 Å². The normalized spacial score (nSPS) is 11.8. The van der Waals surface area contributed by atoms with Gasteiger partial charge in [0.2, 0.25) is 0 Å². The van der Waals surface area contributed by atoms with Crippen LogP contribution in [-0.4, -0.2) is 9.38 Å². The van der Waals surface area contributed by atoms with Crippen molar-refractivity contribution < 1.29 is 4.40 Å². The van der Waals surface area contributed by atoms with Gasteiger partial charge < -0.3 is 0 Å². The van der Waals surface area contributed by atoms with Gasteiger partial charge in [-0.25, -0.2) is 0 Å². The third kappa shape index (κ3) is 4.58. The monoisotopic (exact) mass is 680 g/mol. The van der Waals surface area contributed by atoms with Crippen molar-refractivity contribution in [2.24, 2.45) is 0 Å². The van der Waals surface area contributed by atoms with Crippen molar-refractivity contribution in [1.29, 1.82) is 0 Å². The number of nitrogens with zero attached hydrogens (tertiary/aromatic N) is 3. The molecule has 4 aromatic heterocycles. The van der Waals surface area contributed by atoms with Gasteiger partial charge in [-0.1, -0.05) is 127 Å². The van der Waals surface area contributed by atoms with Crippen LogP contribution in [0.15, 0.2) is 182 Å². The fourth-order valence-electron chi connectivity index (χ4n) is 7.85. The first kappa shape index (κ1) is 29.1. The fourth-order valence-corrected chi connectivity index (χ4v) is 9.09. The maximum atomic E-state index is 5.21. The second kappa shape index (κ2) is 11.5. The predicted molar refractivity (Wildman–Crippen MR) is 218 cm³/mol.